The summed E-state index contributed by atoms with van der Waals surface area (Å²) in [5, 5.41) is 30.2. The maximum Gasteiger partial charge on any atom is 0.115 e. The first-order valence-electron chi connectivity index (χ1n) is 8.18. The summed E-state index contributed by atoms with van der Waals surface area (Å²) in [6.45, 7) is 2.17. The van der Waals surface area contributed by atoms with Gasteiger partial charge in [0.2, 0.25) is 0 Å². The molecule has 3 N–H and O–H groups in total. The Morgan fingerprint density at radius 2 is 2.00 bits per heavy atom. The Hall–Kier alpha value is -1.06. The molecule has 3 nitrogen and oxygen atoms in total. The van der Waals surface area contributed by atoms with Crippen molar-refractivity contribution >= 4 is 0 Å². The summed E-state index contributed by atoms with van der Waals surface area (Å²) in [5.74, 6) is 1.88. The average Bonchev–Trinajstić information content (AvgIpc) is 2.70. The van der Waals surface area contributed by atoms with Gasteiger partial charge in [0, 0.05) is 0 Å². The van der Waals surface area contributed by atoms with Gasteiger partial charge in [-0.25, -0.2) is 0 Å². The third-order valence-corrected chi connectivity index (χ3v) is 6.68. The van der Waals surface area contributed by atoms with Crippen LogP contribution in [0.25, 0.3) is 0 Å². The van der Waals surface area contributed by atoms with E-state index in [1.54, 1.807) is 6.07 Å². The Balaban J connectivity index is 1.71. The molecule has 0 bridgehead atoms. The Kier molecular flexibility index (Phi) is 2.89. The van der Waals surface area contributed by atoms with Crippen LogP contribution in [-0.2, 0) is 6.42 Å². The van der Waals surface area contributed by atoms with Crippen molar-refractivity contribution in [1.82, 2.24) is 0 Å². The van der Waals surface area contributed by atoms with Crippen LogP contribution in [0.15, 0.2) is 18.2 Å². The van der Waals surface area contributed by atoms with Crippen LogP contribution < -0.4 is 0 Å². The Morgan fingerprint density at radius 3 is 2.81 bits per heavy atom. The molecule has 3 aliphatic rings. The van der Waals surface area contributed by atoms with Gasteiger partial charge in [-0.1, -0.05) is 13.0 Å². The van der Waals surface area contributed by atoms with Gasteiger partial charge < -0.3 is 15.3 Å². The summed E-state index contributed by atoms with van der Waals surface area (Å²) >= 11 is 0. The van der Waals surface area contributed by atoms with E-state index in [1.165, 1.54) is 11.1 Å². The van der Waals surface area contributed by atoms with Gasteiger partial charge in [0.05, 0.1) is 12.2 Å². The summed E-state index contributed by atoms with van der Waals surface area (Å²) in [5.41, 5.74) is 2.57. The highest BCUT2D eigenvalue weighted by atomic mass is 16.3. The number of phenolic OH excluding ortho intramolecular Hbond substituents is 1. The summed E-state index contributed by atoms with van der Waals surface area (Å²) in [6.07, 6.45) is 3.80. The van der Waals surface area contributed by atoms with Crippen molar-refractivity contribution in [3.05, 3.63) is 29.3 Å². The molecule has 2 saturated carbocycles. The topological polar surface area (TPSA) is 60.7 Å². The molecule has 0 aliphatic heterocycles. The van der Waals surface area contributed by atoms with Crippen LogP contribution in [0.4, 0.5) is 0 Å². The van der Waals surface area contributed by atoms with Crippen molar-refractivity contribution in [2.24, 2.45) is 17.3 Å². The predicted octanol–water partition coefficient (Wildman–Crippen LogP) is 2.58. The van der Waals surface area contributed by atoms with Crippen molar-refractivity contribution in [2.45, 2.75) is 57.2 Å². The van der Waals surface area contributed by atoms with E-state index in [9.17, 15) is 15.3 Å². The Morgan fingerprint density at radius 1 is 1.19 bits per heavy atom. The molecule has 0 radical (unpaired) electrons. The number of hydrogen-bond acceptors (Lipinski definition) is 3. The molecule has 4 rings (SSSR count). The van der Waals surface area contributed by atoms with E-state index in [1.807, 2.05) is 6.07 Å². The average molecular weight is 288 g/mol. The summed E-state index contributed by atoms with van der Waals surface area (Å²) < 4.78 is 0. The molecular weight excluding hydrogens is 264 g/mol. The molecule has 0 heterocycles. The maximum absolute atomic E-state index is 10.4. The molecule has 6 atom stereocenters. The largest absolute Gasteiger partial charge is 0.508 e. The normalized spacial score (nSPS) is 44.8. The minimum atomic E-state index is -0.565. The van der Waals surface area contributed by atoms with Crippen molar-refractivity contribution in [2.75, 3.05) is 0 Å². The zero-order valence-corrected chi connectivity index (χ0v) is 12.5. The number of aliphatic hydroxyl groups excluding tert-OH is 2. The van der Waals surface area contributed by atoms with Gasteiger partial charge in [0.25, 0.3) is 0 Å². The molecule has 3 heteroatoms. The maximum atomic E-state index is 10.4. The van der Waals surface area contributed by atoms with Gasteiger partial charge in [-0.2, -0.15) is 0 Å². The van der Waals surface area contributed by atoms with E-state index in [0.29, 0.717) is 23.5 Å². The van der Waals surface area contributed by atoms with Crippen molar-refractivity contribution in [1.29, 1.82) is 0 Å². The number of aliphatic hydroxyl groups is 2. The van der Waals surface area contributed by atoms with Crippen LogP contribution in [0.5, 0.6) is 5.75 Å². The van der Waals surface area contributed by atoms with Crippen LogP contribution in [0, 0.1) is 17.3 Å². The van der Waals surface area contributed by atoms with E-state index in [4.69, 9.17) is 0 Å². The third kappa shape index (κ3) is 1.80. The molecule has 3 aliphatic carbocycles. The van der Waals surface area contributed by atoms with Gasteiger partial charge >= 0.3 is 0 Å². The lowest BCUT2D eigenvalue weighted by Gasteiger charge is -2.49. The molecule has 0 amide bonds. The third-order valence-electron chi connectivity index (χ3n) is 6.68. The lowest BCUT2D eigenvalue weighted by Crippen LogP contribution is -2.44. The molecule has 1 aromatic carbocycles. The van der Waals surface area contributed by atoms with Crippen LogP contribution >= 0.6 is 0 Å². The Bertz CT molecular complexity index is 570. The summed E-state index contributed by atoms with van der Waals surface area (Å²) in [7, 11) is 0. The molecule has 0 aromatic heterocycles. The lowest BCUT2D eigenvalue weighted by molar-refractivity contribution is -0.0505. The van der Waals surface area contributed by atoms with E-state index in [-0.39, 0.29) is 5.41 Å². The molecule has 3 unspecified atom stereocenters. The highest BCUT2D eigenvalue weighted by molar-refractivity contribution is 5.40. The van der Waals surface area contributed by atoms with Crippen molar-refractivity contribution < 1.29 is 15.3 Å². The highest BCUT2D eigenvalue weighted by Gasteiger charge is 2.57. The van der Waals surface area contributed by atoms with E-state index < -0.39 is 12.2 Å². The standard InChI is InChI=1S/C18H24O3/c1-18-7-6-13-12-5-3-11(19)8-10(12)2-4-14(13)15(18)9-16(20)17(18)21/h3,5,8,13-17,19-21H,2,4,6-7,9H2,1H3/t13?,14?,15?,16-,17-,18+/m1/s1. The van der Waals surface area contributed by atoms with Gasteiger partial charge in [-0.05, 0) is 78.5 Å². The minimum Gasteiger partial charge on any atom is -0.508 e. The molecule has 0 saturated heterocycles. The minimum absolute atomic E-state index is 0.116. The zero-order valence-electron chi connectivity index (χ0n) is 12.5. The van der Waals surface area contributed by atoms with Crippen molar-refractivity contribution in [3.63, 3.8) is 0 Å². The molecule has 114 valence electrons. The molecule has 1 aromatic rings. The smallest absolute Gasteiger partial charge is 0.115 e. The number of hydrogen-bond donors (Lipinski definition) is 3. The number of aryl methyl sites for hydroxylation is 1. The first kappa shape index (κ1) is 13.6. The fraction of sp³-hybridized carbons (Fsp3) is 0.667. The lowest BCUT2D eigenvalue weighted by atomic mass is 9.55. The van der Waals surface area contributed by atoms with E-state index >= 15 is 0 Å². The monoisotopic (exact) mass is 288 g/mol. The van der Waals surface area contributed by atoms with E-state index in [2.05, 4.69) is 13.0 Å². The summed E-state index contributed by atoms with van der Waals surface area (Å²) in [6, 6.07) is 5.80. The second-order valence-electron chi connectivity index (χ2n) is 7.59. The molecule has 0 spiro atoms. The van der Waals surface area contributed by atoms with Gasteiger partial charge in [-0.3, -0.25) is 0 Å². The zero-order chi connectivity index (χ0) is 14.8. The first-order valence-corrected chi connectivity index (χ1v) is 8.18. The number of phenols is 1. The van der Waals surface area contributed by atoms with Crippen LogP contribution in [0.3, 0.4) is 0 Å². The highest BCUT2D eigenvalue weighted by Crippen LogP contribution is 2.60. The second-order valence-corrected chi connectivity index (χ2v) is 7.59. The fourth-order valence-electron chi connectivity index (χ4n) is 5.56. The number of aromatic hydroxyl groups is 1. The van der Waals surface area contributed by atoms with Gasteiger partial charge in [-0.15, -0.1) is 0 Å². The quantitative estimate of drug-likeness (QED) is 0.687. The van der Waals surface area contributed by atoms with Crippen LogP contribution in [0.2, 0.25) is 0 Å². The number of rotatable bonds is 0. The summed E-state index contributed by atoms with van der Waals surface area (Å²) in [4.78, 5) is 0. The number of benzene rings is 1. The molecular formula is C18H24O3. The Labute approximate surface area is 125 Å². The fourth-order valence-corrected chi connectivity index (χ4v) is 5.56. The van der Waals surface area contributed by atoms with Gasteiger partial charge in [0.1, 0.15) is 5.75 Å². The first-order chi connectivity index (χ1) is 10.0. The van der Waals surface area contributed by atoms with Crippen LogP contribution in [-0.4, -0.2) is 27.5 Å². The van der Waals surface area contributed by atoms with Crippen LogP contribution in [0.1, 0.15) is 49.7 Å². The molecule has 21 heavy (non-hydrogen) atoms. The van der Waals surface area contributed by atoms with Crippen molar-refractivity contribution in [3.8, 4) is 5.75 Å². The SMILES string of the molecule is C[C@]12CCC3c4ccc(O)cc4CCC3C1C[C@@H](O)[C@H]2O. The van der Waals surface area contributed by atoms with Gasteiger partial charge in [0.15, 0.2) is 0 Å². The van der Waals surface area contributed by atoms with E-state index in [0.717, 1.165) is 32.1 Å². The second kappa shape index (κ2) is 4.47. The predicted molar refractivity (Wildman–Crippen MR) is 80.1 cm³/mol. The molecule has 2 fully saturated rings. The number of fused-ring (bicyclic) bond motifs is 5.